The van der Waals surface area contributed by atoms with E-state index in [2.05, 4.69) is 31.1 Å². The molecule has 0 saturated carbocycles. The van der Waals surface area contributed by atoms with E-state index in [4.69, 9.17) is 4.74 Å². The van der Waals surface area contributed by atoms with Gasteiger partial charge in [-0.25, -0.2) is 0 Å². The summed E-state index contributed by atoms with van der Waals surface area (Å²) in [4.78, 5) is 10.2. The highest BCUT2D eigenvalue weighted by atomic mass is 28.3. The van der Waals surface area contributed by atoms with E-state index in [0.29, 0.717) is 0 Å². The van der Waals surface area contributed by atoms with Gasteiger partial charge in [0, 0.05) is 0 Å². The first kappa shape index (κ1) is 14.1. The van der Waals surface area contributed by atoms with E-state index in [-0.39, 0.29) is 11.3 Å². The summed E-state index contributed by atoms with van der Waals surface area (Å²) < 4.78 is 4.85. The molecule has 1 aromatic carbocycles. The highest BCUT2D eigenvalue weighted by molar-refractivity contribution is 6.83. The number of methoxy groups -OCH3 is 1. The topological polar surface area (TPSA) is 72.6 Å². The van der Waals surface area contributed by atoms with Gasteiger partial charge < -0.3 is 9.84 Å². The van der Waals surface area contributed by atoms with Gasteiger partial charge in [-0.3, -0.25) is 10.1 Å². The molecule has 0 bridgehead atoms. The number of ether oxygens (including phenoxy) is 1. The normalized spacial score (nSPS) is 10.4. The summed E-state index contributed by atoms with van der Waals surface area (Å²) in [6.07, 6.45) is 0. The van der Waals surface area contributed by atoms with Crippen molar-refractivity contribution in [2.75, 3.05) is 7.11 Å². The second-order valence-corrected chi connectivity index (χ2v) is 9.52. The molecule has 5 nitrogen and oxygen atoms in total. The molecule has 0 aliphatic heterocycles. The minimum absolute atomic E-state index is 0.0241. The van der Waals surface area contributed by atoms with Crippen molar-refractivity contribution in [3.63, 3.8) is 0 Å². The van der Waals surface area contributed by atoms with Crippen LogP contribution in [-0.4, -0.2) is 25.2 Å². The molecule has 0 heterocycles. The highest BCUT2D eigenvalue weighted by Crippen LogP contribution is 2.38. The van der Waals surface area contributed by atoms with Gasteiger partial charge in [0.05, 0.1) is 17.6 Å². The lowest BCUT2D eigenvalue weighted by molar-refractivity contribution is -0.386. The first-order valence-corrected chi connectivity index (χ1v) is 8.84. The van der Waals surface area contributed by atoms with Crippen LogP contribution in [0, 0.1) is 21.6 Å². The maximum atomic E-state index is 10.9. The average molecular weight is 265 g/mol. The number of nitro groups is 1. The highest BCUT2D eigenvalue weighted by Gasteiger charge is 2.23. The van der Waals surface area contributed by atoms with E-state index in [0.717, 1.165) is 0 Å². The summed E-state index contributed by atoms with van der Waals surface area (Å²) in [6.45, 7) is 6.15. The van der Waals surface area contributed by atoms with Gasteiger partial charge >= 0.3 is 5.69 Å². The fraction of sp³-hybridized carbons (Fsp3) is 0.333. The van der Waals surface area contributed by atoms with Crippen molar-refractivity contribution < 1.29 is 14.8 Å². The Bertz CT molecular complexity index is 537. The fourth-order valence-electron chi connectivity index (χ4n) is 1.26. The van der Waals surface area contributed by atoms with Crippen molar-refractivity contribution in [3.8, 4) is 23.0 Å². The molecule has 0 spiro atoms. The monoisotopic (exact) mass is 265 g/mol. The minimum atomic E-state index is -1.60. The van der Waals surface area contributed by atoms with Crippen LogP contribution in [0.1, 0.15) is 5.56 Å². The van der Waals surface area contributed by atoms with Gasteiger partial charge in [-0.2, -0.15) is 0 Å². The van der Waals surface area contributed by atoms with Crippen molar-refractivity contribution >= 4 is 13.8 Å². The second kappa shape index (κ2) is 5.10. The van der Waals surface area contributed by atoms with Crippen LogP contribution in [0.4, 0.5) is 5.69 Å². The number of aromatic hydroxyl groups is 1. The Hall–Kier alpha value is -2.00. The molecule has 0 aliphatic carbocycles. The van der Waals surface area contributed by atoms with Crippen LogP contribution in [0.3, 0.4) is 0 Å². The van der Waals surface area contributed by atoms with Crippen molar-refractivity contribution in [2.24, 2.45) is 0 Å². The molecule has 1 rings (SSSR count). The number of nitrogens with zero attached hydrogens (tertiary/aromatic N) is 1. The maximum absolute atomic E-state index is 10.9. The van der Waals surface area contributed by atoms with Crippen LogP contribution in [-0.2, 0) is 0 Å². The molecule has 0 aromatic heterocycles. The molecule has 18 heavy (non-hydrogen) atoms. The molecule has 1 N–H and O–H groups in total. The molecule has 0 amide bonds. The predicted molar refractivity (Wildman–Crippen MR) is 71.5 cm³/mol. The van der Waals surface area contributed by atoms with E-state index < -0.39 is 24.4 Å². The Labute approximate surface area is 107 Å². The molecular weight excluding hydrogens is 250 g/mol. The van der Waals surface area contributed by atoms with Gasteiger partial charge in [-0.1, -0.05) is 25.6 Å². The zero-order valence-electron chi connectivity index (χ0n) is 10.8. The summed E-state index contributed by atoms with van der Waals surface area (Å²) in [5.41, 5.74) is 2.86. The SMILES string of the molecule is COc1ccc(C#C[Si](C)(C)C)c(O)c1[N+](=O)[O-]. The van der Waals surface area contributed by atoms with Crippen molar-refractivity contribution in [2.45, 2.75) is 19.6 Å². The Morgan fingerprint density at radius 2 is 2.00 bits per heavy atom. The second-order valence-electron chi connectivity index (χ2n) is 4.77. The molecule has 0 unspecified atom stereocenters. The largest absolute Gasteiger partial charge is 0.501 e. The Balaban J connectivity index is 3.37. The maximum Gasteiger partial charge on any atom is 0.353 e. The number of nitro benzene ring substituents is 1. The third kappa shape index (κ3) is 3.24. The van der Waals surface area contributed by atoms with Gasteiger partial charge in [0.25, 0.3) is 0 Å². The molecule has 96 valence electrons. The van der Waals surface area contributed by atoms with Crippen molar-refractivity contribution in [1.82, 2.24) is 0 Å². The fourth-order valence-corrected chi connectivity index (χ4v) is 1.77. The molecule has 0 radical (unpaired) electrons. The summed E-state index contributed by atoms with van der Waals surface area (Å²) in [7, 11) is -0.288. The lowest BCUT2D eigenvalue weighted by Gasteiger charge is -2.06. The van der Waals surface area contributed by atoms with Crippen LogP contribution in [0.2, 0.25) is 19.6 Å². The number of phenolic OH excluding ortho intramolecular Hbond substituents is 1. The van der Waals surface area contributed by atoms with E-state index in [1.807, 2.05) is 0 Å². The number of rotatable bonds is 2. The van der Waals surface area contributed by atoms with Crippen LogP contribution >= 0.6 is 0 Å². The van der Waals surface area contributed by atoms with Crippen LogP contribution in [0.5, 0.6) is 11.5 Å². The number of phenols is 1. The quantitative estimate of drug-likeness (QED) is 0.386. The Morgan fingerprint density at radius 1 is 1.39 bits per heavy atom. The summed E-state index contributed by atoms with van der Waals surface area (Å²) >= 11 is 0. The molecule has 6 heteroatoms. The van der Waals surface area contributed by atoms with Crippen LogP contribution < -0.4 is 4.74 Å². The predicted octanol–water partition coefficient (Wildman–Crippen LogP) is 2.54. The average Bonchev–Trinajstić information content (AvgIpc) is 2.25. The number of hydrogen-bond donors (Lipinski definition) is 1. The Morgan fingerprint density at radius 3 is 2.44 bits per heavy atom. The van der Waals surface area contributed by atoms with Crippen molar-refractivity contribution in [1.29, 1.82) is 0 Å². The minimum Gasteiger partial charge on any atom is -0.501 e. The molecule has 1 aromatic rings. The summed E-state index contributed by atoms with van der Waals surface area (Å²) in [5, 5.41) is 20.7. The smallest absolute Gasteiger partial charge is 0.353 e. The molecule has 0 fully saturated rings. The standard InChI is InChI=1S/C12H15NO4Si/c1-17-10-6-5-9(7-8-18(2,3)4)12(14)11(10)13(15)16/h5-6,14H,1-4H3. The zero-order valence-corrected chi connectivity index (χ0v) is 11.8. The van der Waals surface area contributed by atoms with Crippen molar-refractivity contribution in [3.05, 3.63) is 27.8 Å². The van der Waals surface area contributed by atoms with Gasteiger partial charge in [-0.15, -0.1) is 5.54 Å². The first-order valence-electron chi connectivity index (χ1n) is 5.34. The van der Waals surface area contributed by atoms with Gasteiger partial charge in [0.2, 0.25) is 11.5 Å². The van der Waals surface area contributed by atoms with Crippen LogP contribution in [0.25, 0.3) is 0 Å². The zero-order chi connectivity index (χ0) is 13.9. The van der Waals surface area contributed by atoms with E-state index in [9.17, 15) is 15.2 Å². The summed E-state index contributed by atoms with van der Waals surface area (Å²) in [6, 6.07) is 2.96. The first-order chi connectivity index (χ1) is 8.26. The molecule has 0 saturated heterocycles. The van der Waals surface area contributed by atoms with Gasteiger partial charge in [0.15, 0.2) is 0 Å². The van der Waals surface area contributed by atoms with Crippen LogP contribution in [0.15, 0.2) is 12.1 Å². The van der Waals surface area contributed by atoms with E-state index in [1.165, 1.54) is 19.2 Å². The third-order valence-corrected chi connectivity index (χ3v) is 2.96. The van der Waals surface area contributed by atoms with E-state index in [1.54, 1.807) is 0 Å². The lowest BCUT2D eigenvalue weighted by atomic mass is 10.1. The molecule has 0 aliphatic rings. The van der Waals surface area contributed by atoms with Gasteiger partial charge in [0.1, 0.15) is 8.07 Å². The summed E-state index contributed by atoms with van der Waals surface area (Å²) in [5.74, 6) is 2.39. The number of hydrogen-bond acceptors (Lipinski definition) is 4. The third-order valence-electron chi connectivity index (χ3n) is 2.09. The number of benzene rings is 1. The molecule has 0 atom stereocenters. The Kier molecular flexibility index (Phi) is 3.99. The van der Waals surface area contributed by atoms with Gasteiger partial charge in [-0.05, 0) is 12.1 Å². The lowest BCUT2D eigenvalue weighted by Crippen LogP contribution is -2.16. The molecular formula is C12H15NO4Si. The van der Waals surface area contributed by atoms with E-state index >= 15 is 0 Å².